The molecule has 0 saturated heterocycles. The van der Waals surface area contributed by atoms with Crippen molar-refractivity contribution in [3.8, 4) is 0 Å². The predicted octanol–water partition coefficient (Wildman–Crippen LogP) is 4.09. The highest BCUT2D eigenvalue weighted by Crippen LogP contribution is 2.11. The molecular weight excluding hydrogens is 328 g/mol. The van der Waals surface area contributed by atoms with E-state index in [-0.39, 0.29) is 0 Å². The largest absolute Gasteiger partial charge is 0.157 e. The van der Waals surface area contributed by atoms with E-state index >= 15 is 0 Å². The Hall–Kier alpha value is -1.83. The highest BCUT2D eigenvalue weighted by atomic mass is 35.5. The summed E-state index contributed by atoms with van der Waals surface area (Å²) in [6.07, 6.45) is 0. The first-order chi connectivity index (χ1) is 11.5. The summed E-state index contributed by atoms with van der Waals surface area (Å²) in [7, 11) is -1.14. The molecule has 0 atom stereocenters. The van der Waals surface area contributed by atoms with Gasteiger partial charge in [-0.05, 0) is 44.1 Å². The van der Waals surface area contributed by atoms with Gasteiger partial charge in [0.2, 0.25) is 0 Å². The van der Waals surface area contributed by atoms with Crippen LogP contribution in [0.3, 0.4) is 0 Å². The summed E-state index contributed by atoms with van der Waals surface area (Å²) >= 11 is 6.63. The van der Waals surface area contributed by atoms with Crippen molar-refractivity contribution in [3.05, 3.63) is 87.9 Å². The zero-order valence-electron chi connectivity index (χ0n) is 14.7. The molecule has 0 fully saturated rings. The van der Waals surface area contributed by atoms with Gasteiger partial charge in [0.05, 0.1) is 0 Å². The highest BCUT2D eigenvalue weighted by molar-refractivity contribution is 6.97. The molecular formula is C22H22ClSi. The van der Waals surface area contributed by atoms with Crippen LogP contribution in [0.1, 0.15) is 22.3 Å². The van der Waals surface area contributed by atoms with Crippen LogP contribution < -0.4 is 15.6 Å². The van der Waals surface area contributed by atoms with Gasteiger partial charge >= 0.3 is 0 Å². The molecule has 1 radical (unpaired) electrons. The van der Waals surface area contributed by atoms with Crippen LogP contribution in [0.4, 0.5) is 0 Å². The fourth-order valence-electron chi connectivity index (χ4n) is 3.43. The standard InChI is InChI=1S/C22H22ClSi/c1-15-12-16(2)14-19(13-15)24(21-11-6-5-10-20(21)23)22-17(3)8-7-9-18(22)4/h5-14H,1-4H3. The van der Waals surface area contributed by atoms with E-state index in [4.69, 9.17) is 11.6 Å². The Bertz CT molecular complexity index is 842. The lowest BCUT2D eigenvalue weighted by atomic mass is 10.1. The van der Waals surface area contributed by atoms with Crippen molar-refractivity contribution in [2.24, 2.45) is 0 Å². The van der Waals surface area contributed by atoms with Gasteiger partial charge in [-0.3, -0.25) is 0 Å². The van der Waals surface area contributed by atoms with Gasteiger partial charge in [0.25, 0.3) is 0 Å². The summed E-state index contributed by atoms with van der Waals surface area (Å²) in [6.45, 7) is 8.78. The summed E-state index contributed by atoms with van der Waals surface area (Å²) in [6, 6.07) is 21.8. The molecule has 0 aromatic heterocycles. The molecule has 0 aliphatic carbocycles. The molecule has 0 spiro atoms. The molecule has 0 nitrogen and oxygen atoms in total. The molecule has 3 rings (SSSR count). The van der Waals surface area contributed by atoms with Crippen molar-refractivity contribution in [2.75, 3.05) is 0 Å². The van der Waals surface area contributed by atoms with E-state index in [1.807, 2.05) is 12.1 Å². The van der Waals surface area contributed by atoms with Gasteiger partial charge in [0.15, 0.2) is 8.80 Å². The Balaban J connectivity index is 2.32. The quantitative estimate of drug-likeness (QED) is 0.493. The Morgan fingerprint density at radius 3 is 1.88 bits per heavy atom. The summed E-state index contributed by atoms with van der Waals surface area (Å²) in [4.78, 5) is 0. The topological polar surface area (TPSA) is 0 Å². The summed E-state index contributed by atoms with van der Waals surface area (Å²) < 4.78 is 0. The van der Waals surface area contributed by atoms with Crippen LogP contribution in [0.5, 0.6) is 0 Å². The molecule has 3 aromatic carbocycles. The molecule has 0 heterocycles. The summed E-state index contributed by atoms with van der Waals surface area (Å²) in [5, 5.41) is 5.00. The van der Waals surface area contributed by atoms with E-state index in [2.05, 4.69) is 76.2 Å². The lowest BCUT2D eigenvalue weighted by Crippen LogP contribution is -2.54. The fourth-order valence-corrected chi connectivity index (χ4v) is 7.00. The van der Waals surface area contributed by atoms with Gasteiger partial charge in [-0.1, -0.05) is 93.6 Å². The minimum Gasteiger partial charge on any atom is -0.0845 e. The lowest BCUT2D eigenvalue weighted by Gasteiger charge is -2.22. The molecule has 0 N–H and O–H groups in total. The van der Waals surface area contributed by atoms with Crippen molar-refractivity contribution in [1.29, 1.82) is 0 Å². The maximum Gasteiger partial charge on any atom is 0.157 e. The van der Waals surface area contributed by atoms with Gasteiger partial charge in [-0.2, -0.15) is 0 Å². The van der Waals surface area contributed by atoms with E-state index in [0.29, 0.717) is 0 Å². The van der Waals surface area contributed by atoms with Crippen molar-refractivity contribution in [3.63, 3.8) is 0 Å². The minimum atomic E-state index is -1.14. The van der Waals surface area contributed by atoms with Crippen LogP contribution in [-0.2, 0) is 0 Å². The second-order valence-corrected chi connectivity index (χ2v) is 9.27. The second-order valence-electron chi connectivity index (χ2n) is 6.50. The predicted molar refractivity (Wildman–Crippen MR) is 108 cm³/mol. The van der Waals surface area contributed by atoms with Crippen molar-refractivity contribution >= 4 is 36.0 Å². The molecule has 0 aliphatic heterocycles. The fraction of sp³-hybridized carbons (Fsp3) is 0.182. The number of halogens is 1. The van der Waals surface area contributed by atoms with Gasteiger partial charge in [-0.25, -0.2) is 0 Å². The molecule has 24 heavy (non-hydrogen) atoms. The monoisotopic (exact) mass is 349 g/mol. The smallest absolute Gasteiger partial charge is 0.0845 e. The first-order valence-corrected chi connectivity index (χ1v) is 10.1. The number of rotatable bonds is 3. The average molecular weight is 350 g/mol. The Kier molecular flexibility index (Phi) is 4.93. The zero-order chi connectivity index (χ0) is 17.3. The second kappa shape index (κ2) is 6.96. The van der Waals surface area contributed by atoms with E-state index in [1.54, 1.807) is 0 Å². The van der Waals surface area contributed by atoms with Crippen LogP contribution in [0, 0.1) is 27.7 Å². The first-order valence-electron chi connectivity index (χ1n) is 8.24. The number of hydrogen-bond donors (Lipinski definition) is 0. The number of benzene rings is 3. The third-order valence-electron chi connectivity index (χ3n) is 4.38. The SMILES string of the molecule is Cc1cc(C)cc([Si](c2ccccc2Cl)c2c(C)cccc2C)c1. The Morgan fingerprint density at radius 2 is 1.29 bits per heavy atom. The number of aryl methyl sites for hydroxylation is 4. The van der Waals surface area contributed by atoms with Crippen molar-refractivity contribution in [1.82, 2.24) is 0 Å². The summed E-state index contributed by atoms with van der Waals surface area (Å²) in [5.41, 5.74) is 5.32. The van der Waals surface area contributed by atoms with Gasteiger partial charge in [0.1, 0.15) is 0 Å². The van der Waals surface area contributed by atoms with Crippen LogP contribution in [-0.4, -0.2) is 8.80 Å². The van der Waals surface area contributed by atoms with E-state index in [1.165, 1.54) is 37.8 Å². The molecule has 2 heteroatoms. The lowest BCUT2D eigenvalue weighted by molar-refractivity contribution is 1.40. The third-order valence-corrected chi connectivity index (χ3v) is 8.00. The van der Waals surface area contributed by atoms with Gasteiger partial charge in [0, 0.05) is 5.02 Å². The Morgan fingerprint density at radius 1 is 0.708 bits per heavy atom. The normalized spacial score (nSPS) is 11.1. The van der Waals surface area contributed by atoms with Crippen molar-refractivity contribution in [2.45, 2.75) is 27.7 Å². The van der Waals surface area contributed by atoms with Crippen LogP contribution in [0.25, 0.3) is 0 Å². The molecule has 3 aromatic rings. The van der Waals surface area contributed by atoms with Crippen molar-refractivity contribution < 1.29 is 0 Å². The molecule has 0 unspecified atom stereocenters. The third kappa shape index (κ3) is 3.33. The summed E-state index contributed by atoms with van der Waals surface area (Å²) in [5.74, 6) is 0. The molecule has 0 amide bonds. The molecule has 0 bridgehead atoms. The van der Waals surface area contributed by atoms with Crippen LogP contribution in [0.2, 0.25) is 5.02 Å². The Labute approximate surface area is 151 Å². The van der Waals surface area contributed by atoms with E-state index < -0.39 is 8.80 Å². The van der Waals surface area contributed by atoms with E-state index in [9.17, 15) is 0 Å². The highest BCUT2D eigenvalue weighted by Gasteiger charge is 2.25. The molecule has 0 saturated carbocycles. The van der Waals surface area contributed by atoms with E-state index in [0.717, 1.165) is 5.02 Å². The maximum atomic E-state index is 6.63. The first kappa shape index (κ1) is 17.0. The van der Waals surface area contributed by atoms with Gasteiger partial charge in [-0.15, -0.1) is 0 Å². The van der Waals surface area contributed by atoms with Crippen LogP contribution in [0.15, 0.2) is 60.7 Å². The minimum absolute atomic E-state index is 0.869. The van der Waals surface area contributed by atoms with Gasteiger partial charge < -0.3 is 0 Å². The maximum absolute atomic E-state index is 6.63. The van der Waals surface area contributed by atoms with Crippen LogP contribution >= 0.6 is 11.6 Å². The zero-order valence-corrected chi connectivity index (χ0v) is 16.4. The molecule has 0 aliphatic rings. The average Bonchev–Trinajstić information content (AvgIpc) is 2.51. The number of hydrogen-bond acceptors (Lipinski definition) is 0. The molecule has 121 valence electrons.